The van der Waals surface area contributed by atoms with Crippen LogP contribution in [0.1, 0.15) is 48.9 Å². The molecule has 0 spiro atoms. The first-order valence-corrected chi connectivity index (χ1v) is 12.4. The monoisotopic (exact) mass is 500 g/mol. The Morgan fingerprint density at radius 3 is 2.64 bits per heavy atom. The lowest BCUT2D eigenvalue weighted by molar-refractivity contribution is -0.0502. The van der Waals surface area contributed by atoms with Crippen molar-refractivity contribution in [2.45, 2.75) is 45.1 Å². The Morgan fingerprint density at radius 1 is 1.14 bits per heavy atom. The van der Waals surface area contributed by atoms with Crippen LogP contribution in [0.3, 0.4) is 0 Å². The molecule has 1 saturated heterocycles. The van der Waals surface area contributed by atoms with Gasteiger partial charge in [-0.15, -0.1) is 0 Å². The molecular formula is C27H30F2N2O5. The second-order valence-corrected chi connectivity index (χ2v) is 9.43. The van der Waals surface area contributed by atoms with Crippen molar-refractivity contribution in [3.8, 4) is 28.5 Å². The van der Waals surface area contributed by atoms with Crippen LogP contribution in [0.25, 0.3) is 16.9 Å². The number of carbonyl (C=O) groups excluding carboxylic acids is 1. The molecule has 0 unspecified atom stereocenters. The lowest BCUT2D eigenvalue weighted by Crippen LogP contribution is -2.17. The van der Waals surface area contributed by atoms with Crippen molar-refractivity contribution in [3.05, 3.63) is 42.2 Å². The number of hydrogen-bond donors (Lipinski definition) is 0. The summed E-state index contributed by atoms with van der Waals surface area (Å²) in [5.74, 6) is 1.40. The lowest BCUT2D eigenvalue weighted by atomic mass is 9.97. The van der Waals surface area contributed by atoms with Gasteiger partial charge in [0, 0.05) is 37.5 Å². The van der Waals surface area contributed by atoms with Crippen LogP contribution in [0.15, 0.2) is 36.7 Å². The molecule has 3 aromatic rings. The summed E-state index contributed by atoms with van der Waals surface area (Å²) in [7, 11) is 1.41. The Kier molecular flexibility index (Phi) is 7.36. The van der Waals surface area contributed by atoms with E-state index in [0.717, 1.165) is 45.3 Å². The van der Waals surface area contributed by atoms with Gasteiger partial charge in [-0.25, -0.2) is 4.98 Å². The number of halogens is 2. The van der Waals surface area contributed by atoms with Crippen LogP contribution >= 0.6 is 0 Å². The van der Waals surface area contributed by atoms with E-state index in [2.05, 4.69) is 4.98 Å². The molecule has 1 aliphatic heterocycles. The summed E-state index contributed by atoms with van der Waals surface area (Å²) in [6.07, 6.45) is 8.83. The molecule has 0 radical (unpaired) electrons. The Hall–Kier alpha value is -3.20. The minimum atomic E-state index is -3.07. The highest BCUT2D eigenvalue weighted by atomic mass is 19.3. The maximum Gasteiger partial charge on any atom is 0.387 e. The van der Waals surface area contributed by atoms with Gasteiger partial charge in [-0.2, -0.15) is 8.78 Å². The molecule has 5 rings (SSSR count). The summed E-state index contributed by atoms with van der Waals surface area (Å²) in [5.41, 5.74) is 1.91. The van der Waals surface area contributed by atoms with Crippen LogP contribution in [-0.2, 0) is 4.74 Å². The number of methoxy groups -OCH3 is 1. The number of imidazole rings is 1. The molecule has 2 aromatic heterocycles. The average Bonchev–Trinajstić information content (AvgIpc) is 3.58. The highest BCUT2D eigenvalue weighted by Crippen LogP contribution is 2.40. The Bertz CT molecular complexity index is 1220. The largest absolute Gasteiger partial charge is 0.496 e. The van der Waals surface area contributed by atoms with Crippen molar-refractivity contribution >= 4 is 11.4 Å². The van der Waals surface area contributed by atoms with E-state index < -0.39 is 6.61 Å². The first kappa shape index (κ1) is 24.5. The van der Waals surface area contributed by atoms with Crippen LogP contribution < -0.4 is 14.2 Å². The third-order valence-electron chi connectivity index (χ3n) is 6.87. The maximum atomic E-state index is 13.3. The zero-order valence-corrected chi connectivity index (χ0v) is 20.3. The number of carbonyl (C=O) groups is 1. The van der Waals surface area contributed by atoms with E-state index in [0.29, 0.717) is 47.5 Å². The number of nitrogens with zero attached hydrogens (tertiary/aromatic N) is 2. The second-order valence-electron chi connectivity index (χ2n) is 9.43. The number of rotatable bonds is 11. The molecule has 7 nitrogen and oxygen atoms in total. The predicted molar refractivity (Wildman–Crippen MR) is 129 cm³/mol. The molecule has 1 aliphatic carbocycles. The fourth-order valence-electron chi connectivity index (χ4n) is 4.69. The van der Waals surface area contributed by atoms with Gasteiger partial charge in [0.2, 0.25) is 0 Å². The van der Waals surface area contributed by atoms with Crippen molar-refractivity contribution in [3.63, 3.8) is 0 Å². The third-order valence-corrected chi connectivity index (χ3v) is 6.87. The van der Waals surface area contributed by atoms with Gasteiger partial charge in [0.15, 0.2) is 5.78 Å². The molecule has 1 aromatic carbocycles. The summed E-state index contributed by atoms with van der Waals surface area (Å²) in [4.78, 5) is 17.3. The number of hydrogen-bond acceptors (Lipinski definition) is 6. The van der Waals surface area contributed by atoms with Crippen molar-refractivity contribution in [1.82, 2.24) is 9.38 Å². The van der Waals surface area contributed by atoms with Gasteiger partial charge in [0.1, 0.15) is 28.5 Å². The number of alkyl halides is 2. The van der Waals surface area contributed by atoms with Crippen molar-refractivity contribution in [2.75, 3.05) is 26.9 Å². The second kappa shape index (κ2) is 10.8. The van der Waals surface area contributed by atoms with E-state index in [-0.39, 0.29) is 22.8 Å². The highest BCUT2D eigenvalue weighted by Gasteiger charge is 2.29. The van der Waals surface area contributed by atoms with Crippen LogP contribution in [0.4, 0.5) is 8.78 Å². The first-order valence-electron chi connectivity index (χ1n) is 12.4. The third kappa shape index (κ3) is 5.61. The topological polar surface area (TPSA) is 71.3 Å². The van der Waals surface area contributed by atoms with Crippen LogP contribution in [0, 0.1) is 11.8 Å². The van der Waals surface area contributed by atoms with Gasteiger partial charge in [0.05, 0.1) is 25.6 Å². The molecule has 0 N–H and O–H groups in total. The molecule has 2 fully saturated rings. The van der Waals surface area contributed by atoms with E-state index >= 15 is 0 Å². The summed E-state index contributed by atoms with van der Waals surface area (Å²) < 4.78 is 49.9. The smallest absolute Gasteiger partial charge is 0.387 e. The molecule has 0 bridgehead atoms. The van der Waals surface area contributed by atoms with Gasteiger partial charge in [-0.1, -0.05) is 0 Å². The molecule has 36 heavy (non-hydrogen) atoms. The molecule has 0 atom stereocenters. The predicted octanol–water partition coefficient (Wildman–Crippen LogP) is 5.79. The Labute approximate surface area is 208 Å². The van der Waals surface area contributed by atoms with Crippen LogP contribution in [-0.4, -0.2) is 48.7 Å². The van der Waals surface area contributed by atoms with Gasteiger partial charge >= 0.3 is 6.61 Å². The quantitative estimate of drug-likeness (QED) is 0.311. The van der Waals surface area contributed by atoms with Gasteiger partial charge < -0.3 is 18.9 Å². The highest BCUT2D eigenvalue weighted by molar-refractivity contribution is 6.02. The number of fused-ring (bicyclic) bond motifs is 1. The molecule has 0 amide bonds. The molecule has 2 aliphatic rings. The Morgan fingerprint density at radius 2 is 1.92 bits per heavy atom. The molecule has 192 valence electrons. The summed E-state index contributed by atoms with van der Waals surface area (Å²) in [6.45, 7) is -0.813. The van der Waals surface area contributed by atoms with E-state index in [4.69, 9.17) is 18.9 Å². The number of Topliss-reactive ketones (excluding diaryl/α,β-unsaturated/α-hetero) is 1. The first-order chi connectivity index (χ1) is 17.5. The maximum absolute atomic E-state index is 13.3. The zero-order chi connectivity index (χ0) is 25.1. The van der Waals surface area contributed by atoms with Crippen LogP contribution in [0.5, 0.6) is 17.2 Å². The number of ether oxygens (including phenoxy) is 4. The van der Waals surface area contributed by atoms with Gasteiger partial charge in [0.25, 0.3) is 0 Å². The molecule has 1 saturated carbocycles. The van der Waals surface area contributed by atoms with E-state index in [9.17, 15) is 13.6 Å². The van der Waals surface area contributed by atoms with Crippen molar-refractivity contribution < 1.29 is 32.5 Å². The normalized spacial score (nSPS) is 16.4. The van der Waals surface area contributed by atoms with E-state index in [1.807, 2.05) is 22.7 Å². The van der Waals surface area contributed by atoms with Crippen molar-refractivity contribution in [1.29, 1.82) is 0 Å². The van der Waals surface area contributed by atoms with E-state index in [1.54, 1.807) is 12.3 Å². The lowest BCUT2D eigenvalue weighted by Gasteiger charge is -2.21. The molecule has 9 heteroatoms. The average molecular weight is 501 g/mol. The summed E-state index contributed by atoms with van der Waals surface area (Å²) in [6, 6.07) is 6.81. The minimum Gasteiger partial charge on any atom is -0.496 e. The van der Waals surface area contributed by atoms with E-state index in [1.165, 1.54) is 13.2 Å². The Balaban J connectivity index is 1.39. The number of benzene rings is 1. The molecule has 3 heterocycles. The van der Waals surface area contributed by atoms with Crippen LogP contribution in [0.2, 0.25) is 0 Å². The standard InChI is InChI=1S/C27H30F2N2O5/c1-33-23-13-19(14-24(36-27(28)29)26(23)22(32)12-18-2-3-18)21-16-30-25-15-20(4-8-31(21)25)35-11-7-17-5-9-34-10-6-17/h4,8,13-18,27H,2-3,5-7,9-12H2,1H3. The number of pyridine rings is 1. The fourth-order valence-corrected chi connectivity index (χ4v) is 4.69. The van der Waals surface area contributed by atoms with Crippen molar-refractivity contribution in [2.24, 2.45) is 11.8 Å². The SMILES string of the molecule is COc1cc(-c2cnc3cc(OCCC4CCOCC4)ccn23)cc(OC(F)F)c1C(=O)CC1CC1. The summed E-state index contributed by atoms with van der Waals surface area (Å²) in [5, 5.41) is 0. The number of aromatic nitrogens is 2. The van der Waals surface area contributed by atoms with Gasteiger partial charge in [-0.05, 0) is 62.1 Å². The summed E-state index contributed by atoms with van der Waals surface area (Å²) >= 11 is 0. The molecular weight excluding hydrogens is 470 g/mol. The minimum absolute atomic E-state index is 0.0579. The fraction of sp³-hybridized carbons (Fsp3) is 0.481. The number of ketones is 1. The zero-order valence-electron chi connectivity index (χ0n) is 20.3. The van der Waals surface area contributed by atoms with Gasteiger partial charge in [-0.3, -0.25) is 9.20 Å².